The number of piperidine rings is 1. The van der Waals surface area contributed by atoms with Crippen molar-refractivity contribution >= 4 is 40.4 Å². The minimum Gasteiger partial charge on any atom is -0.343 e. The molecule has 10 heteroatoms. The Hall–Kier alpha value is -4.08. The molecule has 1 saturated heterocycles. The molecule has 1 N–H and O–H groups in total. The normalized spacial score (nSPS) is 16.4. The highest BCUT2D eigenvalue weighted by molar-refractivity contribution is 6.04. The van der Waals surface area contributed by atoms with Crippen LogP contribution < -0.4 is 10.2 Å². The molecule has 0 atom stereocenters. The maximum absolute atomic E-state index is 13.4. The molecule has 0 aromatic carbocycles. The molecule has 0 saturated carbocycles. The van der Waals surface area contributed by atoms with Gasteiger partial charge in [0.2, 0.25) is 11.8 Å². The smallest absolute Gasteiger partial charge is 0.324 e. The summed E-state index contributed by atoms with van der Waals surface area (Å²) in [5.41, 5.74) is 4.60. The molecule has 0 unspecified atom stereocenters. The molecule has 5 rings (SSSR count). The second-order valence-corrected chi connectivity index (χ2v) is 9.06. The number of nitrogens with zero attached hydrogens (tertiary/aromatic N) is 6. The summed E-state index contributed by atoms with van der Waals surface area (Å²) in [4.78, 5) is 55.7. The van der Waals surface area contributed by atoms with Crippen LogP contribution in [0.5, 0.6) is 0 Å². The molecule has 4 amide bonds. The van der Waals surface area contributed by atoms with Gasteiger partial charge in [0, 0.05) is 63.5 Å². The van der Waals surface area contributed by atoms with Crippen LogP contribution in [0.25, 0.3) is 22.3 Å². The first kappa shape index (κ1) is 22.7. The fourth-order valence-corrected chi connectivity index (χ4v) is 4.82. The van der Waals surface area contributed by atoms with Gasteiger partial charge in [-0.05, 0) is 37.1 Å². The first-order valence-electron chi connectivity index (χ1n) is 11.6. The van der Waals surface area contributed by atoms with Crippen molar-refractivity contribution in [2.45, 2.75) is 39.3 Å². The van der Waals surface area contributed by atoms with E-state index in [1.165, 1.54) is 6.92 Å². The lowest BCUT2D eigenvalue weighted by Crippen LogP contribution is -2.54. The second kappa shape index (κ2) is 8.94. The number of pyridine rings is 3. The van der Waals surface area contributed by atoms with Gasteiger partial charge in [0.15, 0.2) is 0 Å². The van der Waals surface area contributed by atoms with Crippen molar-refractivity contribution in [3.63, 3.8) is 0 Å². The molecule has 2 aliphatic heterocycles. The Bertz CT molecular complexity index is 1320. The van der Waals surface area contributed by atoms with Crippen LogP contribution in [0, 0.1) is 0 Å². The quantitative estimate of drug-likeness (QED) is 0.626. The monoisotopic (exact) mass is 473 g/mol. The number of carbonyl (C=O) groups is 3. The number of aromatic nitrogens is 3. The average molecular weight is 474 g/mol. The van der Waals surface area contributed by atoms with E-state index in [-0.39, 0.29) is 23.9 Å². The van der Waals surface area contributed by atoms with E-state index in [2.05, 4.69) is 15.3 Å². The van der Waals surface area contributed by atoms with Crippen molar-refractivity contribution in [1.29, 1.82) is 0 Å². The Labute approximate surface area is 203 Å². The van der Waals surface area contributed by atoms with Crippen LogP contribution >= 0.6 is 0 Å². The van der Waals surface area contributed by atoms with Gasteiger partial charge in [-0.1, -0.05) is 0 Å². The van der Waals surface area contributed by atoms with Crippen molar-refractivity contribution in [2.24, 2.45) is 0 Å². The summed E-state index contributed by atoms with van der Waals surface area (Å²) in [7, 11) is 1.79. The molecule has 35 heavy (non-hydrogen) atoms. The molecule has 5 heterocycles. The summed E-state index contributed by atoms with van der Waals surface area (Å²) < 4.78 is 0. The van der Waals surface area contributed by atoms with E-state index >= 15 is 0 Å². The predicted molar refractivity (Wildman–Crippen MR) is 132 cm³/mol. The number of anilines is 2. The van der Waals surface area contributed by atoms with Crippen LogP contribution in [0.2, 0.25) is 0 Å². The number of carbonyl (C=O) groups excluding carboxylic acids is 3. The highest BCUT2D eigenvalue weighted by Gasteiger charge is 2.37. The minimum atomic E-state index is -0.185. The third kappa shape index (κ3) is 4.27. The number of amides is 4. The van der Waals surface area contributed by atoms with Crippen LogP contribution in [-0.2, 0) is 16.1 Å². The van der Waals surface area contributed by atoms with Crippen molar-refractivity contribution in [2.75, 3.05) is 30.4 Å². The SMILES string of the molecule is CC(=O)Nc1ccc(-c2ccc3ncc4c(c3n2)N(C2CCN(C(C)=O)CC2)C(=O)N(C)C4)cn1. The molecule has 10 nitrogen and oxygen atoms in total. The molecular formula is C25H27N7O3. The van der Waals surface area contributed by atoms with Gasteiger partial charge < -0.3 is 15.1 Å². The number of hydrogen-bond donors (Lipinski definition) is 1. The molecule has 3 aromatic rings. The lowest BCUT2D eigenvalue weighted by Gasteiger charge is -2.43. The van der Waals surface area contributed by atoms with Crippen LogP contribution in [0.1, 0.15) is 32.3 Å². The molecular weight excluding hydrogens is 446 g/mol. The third-order valence-corrected chi connectivity index (χ3v) is 6.58. The van der Waals surface area contributed by atoms with Gasteiger partial charge in [-0.15, -0.1) is 0 Å². The Balaban J connectivity index is 1.56. The van der Waals surface area contributed by atoms with Gasteiger partial charge in [0.05, 0.1) is 23.4 Å². The topological polar surface area (TPSA) is 112 Å². The first-order valence-corrected chi connectivity index (χ1v) is 11.6. The molecule has 0 spiro atoms. The van der Waals surface area contributed by atoms with Crippen molar-refractivity contribution in [3.8, 4) is 11.3 Å². The van der Waals surface area contributed by atoms with E-state index in [0.29, 0.717) is 55.0 Å². The van der Waals surface area contributed by atoms with E-state index < -0.39 is 0 Å². The largest absolute Gasteiger partial charge is 0.343 e. The lowest BCUT2D eigenvalue weighted by atomic mass is 9.99. The number of fused-ring (bicyclic) bond motifs is 3. The Kier molecular flexibility index (Phi) is 5.80. The number of rotatable bonds is 3. The van der Waals surface area contributed by atoms with Crippen LogP contribution in [0.4, 0.5) is 16.3 Å². The number of hydrogen-bond acceptors (Lipinski definition) is 6. The van der Waals surface area contributed by atoms with Crippen molar-refractivity contribution in [1.82, 2.24) is 24.8 Å². The Morgan fingerprint density at radius 1 is 1.03 bits per heavy atom. The summed E-state index contributed by atoms with van der Waals surface area (Å²) >= 11 is 0. The predicted octanol–water partition coefficient (Wildman–Crippen LogP) is 3.03. The zero-order valence-corrected chi connectivity index (χ0v) is 20.0. The van der Waals surface area contributed by atoms with Crippen LogP contribution in [0.15, 0.2) is 36.7 Å². The van der Waals surface area contributed by atoms with Crippen molar-refractivity contribution in [3.05, 3.63) is 42.2 Å². The lowest BCUT2D eigenvalue weighted by molar-refractivity contribution is -0.129. The first-order chi connectivity index (χ1) is 16.8. The standard InChI is InChI=1S/C25H27N7O3/c1-15(33)28-22-7-4-17(12-27-22)20-5-6-21-23(29-20)24-18(13-26-21)14-30(3)25(35)32(24)19-8-10-31(11-9-19)16(2)34/h4-7,12-13,19H,8-11,14H2,1-3H3,(H,27,28,33). The van der Waals surface area contributed by atoms with Gasteiger partial charge in [-0.3, -0.25) is 19.5 Å². The van der Waals surface area contributed by atoms with Crippen molar-refractivity contribution < 1.29 is 14.4 Å². The molecule has 2 aliphatic rings. The number of likely N-dealkylation sites (tertiary alicyclic amines) is 1. The second-order valence-electron chi connectivity index (χ2n) is 9.06. The van der Waals surface area contributed by atoms with Gasteiger partial charge >= 0.3 is 6.03 Å². The molecule has 180 valence electrons. The van der Waals surface area contributed by atoms with E-state index in [0.717, 1.165) is 16.8 Å². The van der Waals surface area contributed by atoms with Gasteiger partial charge in [0.25, 0.3) is 0 Å². The zero-order chi connectivity index (χ0) is 24.7. The molecule has 0 aliphatic carbocycles. The summed E-state index contributed by atoms with van der Waals surface area (Å²) in [5, 5.41) is 2.66. The van der Waals surface area contributed by atoms with Crippen LogP contribution in [0.3, 0.4) is 0 Å². The maximum atomic E-state index is 13.4. The molecule has 1 fully saturated rings. The van der Waals surface area contributed by atoms with E-state index in [1.54, 1.807) is 31.1 Å². The van der Waals surface area contributed by atoms with Gasteiger partial charge in [-0.25, -0.2) is 14.8 Å². The summed E-state index contributed by atoms with van der Waals surface area (Å²) in [6.07, 6.45) is 4.90. The molecule has 0 bridgehead atoms. The summed E-state index contributed by atoms with van der Waals surface area (Å²) in [5.74, 6) is 0.346. The van der Waals surface area contributed by atoms with E-state index in [9.17, 15) is 14.4 Å². The maximum Gasteiger partial charge on any atom is 0.324 e. The molecule has 0 radical (unpaired) electrons. The minimum absolute atomic E-state index is 0.0331. The van der Waals surface area contributed by atoms with E-state index in [4.69, 9.17) is 4.98 Å². The summed E-state index contributed by atoms with van der Waals surface area (Å²) in [6.45, 7) is 4.72. The van der Waals surface area contributed by atoms with Crippen LogP contribution in [-0.4, -0.2) is 68.8 Å². The number of nitrogens with one attached hydrogen (secondary N) is 1. The van der Waals surface area contributed by atoms with E-state index in [1.807, 2.05) is 34.2 Å². The highest BCUT2D eigenvalue weighted by Crippen LogP contribution is 2.37. The number of urea groups is 1. The zero-order valence-electron chi connectivity index (χ0n) is 20.0. The molecule has 3 aromatic heterocycles. The Morgan fingerprint density at radius 2 is 1.80 bits per heavy atom. The average Bonchev–Trinajstić information content (AvgIpc) is 2.85. The highest BCUT2D eigenvalue weighted by atomic mass is 16.2. The summed E-state index contributed by atoms with van der Waals surface area (Å²) in [6, 6.07) is 7.26. The fourth-order valence-electron chi connectivity index (χ4n) is 4.82. The Morgan fingerprint density at radius 3 is 2.46 bits per heavy atom. The third-order valence-electron chi connectivity index (χ3n) is 6.58. The fraction of sp³-hybridized carbons (Fsp3) is 0.360. The van der Waals surface area contributed by atoms with Gasteiger partial charge in [0.1, 0.15) is 11.3 Å². The van der Waals surface area contributed by atoms with Gasteiger partial charge in [-0.2, -0.15) is 0 Å².